The van der Waals surface area contributed by atoms with Crippen molar-refractivity contribution in [1.82, 2.24) is 25.3 Å². The zero-order valence-electron chi connectivity index (χ0n) is 15.0. The smallest absolute Gasteiger partial charge is 0.315 e. The molecule has 1 aliphatic rings. The molecule has 134 valence electrons. The van der Waals surface area contributed by atoms with Crippen LogP contribution in [0.25, 0.3) is 5.69 Å². The average Bonchev–Trinajstić information content (AvgIpc) is 3.27. The van der Waals surface area contributed by atoms with Crippen molar-refractivity contribution in [3.63, 3.8) is 0 Å². The van der Waals surface area contributed by atoms with Crippen LogP contribution >= 0.6 is 0 Å². The highest BCUT2D eigenvalue weighted by Gasteiger charge is 2.26. The van der Waals surface area contributed by atoms with E-state index in [0.29, 0.717) is 18.6 Å². The van der Waals surface area contributed by atoms with Gasteiger partial charge < -0.3 is 15.5 Å². The lowest BCUT2D eigenvalue weighted by atomic mass is 10.1. The molecule has 0 unspecified atom stereocenters. The van der Waals surface area contributed by atoms with Crippen LogP contribution in [-0.2, 0) is 6.42 Å². The molecule has 0 radical (unpaired) electrons. The standard InChI is InChI=1S/C19H27N5O/c1-23(2)18-9-6-16(14-18)22-19(25)20-12-10-15-4-7-17(8-5-15)24-13-3-11-21-24/h3-5,7-8,11,13,16,18H,6,9-10,12,14H2,1-2H3,(H2,20,22,25)/t16-,18+/m0/s1. The summed E-state index contributed by atoms with van der Waals surface area (Å²) in [4.78, 5) is 14.3. The third-order valence-electron chi connectivity index (χ3n) is 4.87. The van der Waals surface area contributed by atoms with Gasteiger partial charge >= 0.3 is 6.03 Å². The molecule has 6 heteroatoms. The molecule has 2 aromatic rings. The summed E-state index contributed by atoms with van der Waals surface area (Å²) in [5.41, 5.74) is 2.24. The van der Waals surface area contributed by atoms with Crippen LogP contribution in [0.1, 0.15) is 24.8 Å². The Hall–Kier alpha value is -2.34. The first kappa shape index (κ1) is 17.5. The van der Waals surface area contributed by atoms with Crippen molar-refractivity contribution >= 4 is 6.03 Å². The first-order valence-electron chi connectivity index (χ1n) is 8.91. The van der Waals surface area contributed by atoms with Gasteiger partial charge in [0.25, 0.3) is 0 Å². The molecular weight excluding hydrogens is 314 g/mol. The molecule has 3 rings (SSSR count). The first-order chi connectivity index (χ1) is 12.1. The Bertz CT molecular complexity index is 666. The van der Waals surface area contributed by atoms with E-state index in [9.17, 15) is 4.79 Å². The summed E-state index contributed by atoms with van der Waals surface area (Å²) < 4.78 is 1.83. The molecule has 6 nitrogen and oxygen atoms in total. The maximum Gasteiger partial charge on any atom is 0.315 e. The summed E-state index contributed by atoms with van der Waals surface area (Å²) in [6.45, 7) is 0.636. The normalized spacial score (nSPS) is 20.0. The van der Waals surface area contributed by atoms with E-state index < -0.39 is 0 Å². The minimum atomic E-state index is -0.0578. The van der Waals surface area contributed by atoms with Crippen LogP contribution < -0.4 is 10.6 Å². The van der Waals surface area contributed by atoms with E-state index >= 15 is 0 Å². The van der Waals surface area contributed by atoms with E-state index in [2.05, 4.69) is 46.9 Å². The summed E-state index contributed by atoms with van der Waals surface area (Å²) in [6, 6.07) is 11.0. The predicted octanol–water partition coefficient (Wildman–Crippen LogP) is 2.20. The van der Waals surface area contributed by atoms with Crippen LogP contribution in [0.3, 0.4) is 0 Å². The monoisotopic (exact) mass is 341 g/mol. The van der Waals surface area contributed by atoms with Gasteiger partial charge in [-0.25, -0.2) is 9.48 Å². The molecule has 2 atom stereocenters. The van der Waals surface area contributed by atoms with Crippen LogP contribution in [0.4, 0.5) is 4.79 Å². The fraction of sp³-hybridized carbons (Fsp3) is 0.474. The molecule has 0 bridgehead atoms. The van der Waals surface area contributed by atoms with E-state index in [4.69, 9.17) is 0 Å². The van der Waals surface area contributed by atoms with Crippen LogP contribution in [0, 0.1) is 0 Å². The molecule has 1 heterocycles. The third-order valence-corrected chi connectivity index (χ3v) is 4.87. The van der Waals surface area contributed by atoms with Gasteiger partial charge in [-0.1, -0.05) is 12.1 Å². The van der Waals surface area contributed by atoms with E-state index in [-0.39, 0.29) is 6.03 Å². The quantitative estimate of drug-likeness (QED) is 0.847. The summed E-state index contributed by atoms with van der Waals surface area (Å²) in [5.74, 6) is 0. The van der Waals surface area contributed by atoms with E-state index in [1.807, 2.05) is 29.1 Å². The third kappa shape index (κ3) is 4.82. The van der Waals surface area contributed by atoms with Gasteiger partial charge in [-0.2, -0.15) is 5.10 Å². The van der Waals surface area contributed by atoms with Crippen molar-refractivity contribution in [2.24, 2.45) is 0 Å². The highest BCUT2D eigenvalue weighted by Crippen LogP contribution is 2.22. The number of carbonyl (C=O) groups is 1. The van der Waals surface area contributed by atoms with Crippen molar-refractivity contribution < 1.29 is 4.79 Å². The average molecular weight is 341 g/mol. The minimum absolute atomic E-state index is 0.0578. The number of benzene rings is 1. The van der Waals surface area contributed by atoms with Crippen molar-refractivity contribution in [3.05, 3.63) is 48.3 Å². The van der Waals surface area contributed by atoms with Crippen LogP contribution in [0.5, 0.6) is 0 Å². The summed E-state index contributed by atoms with van der Waals surface area (Å²) in [5, 5.41) is 10.3. The summed E-state index contributed by atoms with van der Waals surface area (Å²) in [6.07, 6.45) is 7.76. The van der Waals surface area contributed by atoms with Crippen molar-refractivity contribution in [2.45, 2.75) is 37.8 Å². The molecule has 1 saturated carbocycles. The lowest BCUT2D eigenvalue weighted by Crippen LogP contribution is -2.42. The van der Waals surface area contributed by atoms with Gasteiger partial charge in [0, 0.05) is 31.0 Å². The Morgan fingerprint density at radius 2 is 2.08 bits per heavy atom. The van der Waals surface area contributed by atoms with E-state index in [1.54, 1.807) is 6.20 Å². The highest BCUT2D eigenvalue weighted by atomic mass is 16.2. The topological polar surface area (TPSA) is 62.2 Å². The van der Waals surface area contributed by atoms with E-state index in [0.717, 1.165) is 31.4 Å². The zero-order chi connectivity index (χ0) is 17.6. The number of rotatable bonds is 6. The number of aromatic nitrogens is 2. The molecule has 0 saturated heterocycles. The molecule has 1 aromatic heterocycles. The van der Waals surface area contributed by atoms with Gasteiger partial charge in [0.15, 0.2) is 0 Å². The lowest BCUT2D eigenvalue weighted by molar-refractivity contribution is 0.235. The molecule has 1 aliphatic carbocycles. The van der Waals surface area contributed by atoms with Gasteiger partial charge in [-0.15, -0.1) is 0 Å². The second-order valence-corrected chi connectivity index (χ2v) is 6.89. The Morgan fingerprint density at radius 3 is 2.72 bits per heavy atom. The maximum absolute atomic E-state index is 12.0. The number of amides is 2. The molecule has 0 aliphatic heterocycles. The van der Waals surface area contributed by atoms with E-state index in [1.165, 1.54) is 5.56 Å². The Morgan fingerprint density at radius 1 is 1.28 bits per heavy atom. The number of nitrogens with one attached hydrogen (secondary N) is 2. The van der Waals surface area contributed by atoms with Crippen LogP contribution in [-0.4, -0.2) is 53.4 Å². The Labute approximate surface area is 149 Å². The van der Waals surface area contributed by atoms with Crippen molar-refractivity contribution in [2.75, 3.05) is 20.6 Å². The zero-order valence-corrected chi connectivity index (χ0v) is 15.0. The highest BCUT2D eigenvalue weighted by molar-refractivity contribution is 5.74. The fourth-order valence-corrected chi connectivity index (χ4v) is 3.35. The summed E-state index contributed by atoms with van der Waals surface area (Å²) >= 11 is 0. The second-order valence-electron chi connectivity index (χ2n) is 6.89. The second kappa shape index (κ2) is 8.16. The lowest BCUT2D eigenvalue weighted by Gasteiger charge is -2.19. The molecule has 2 amide bonds. The van der Waals surface area contributed by atoms with Gasteiger partial charge in [-0.05, 0) is 63.5 Å². The molecule has 1 aromatic carbocycles. The van der Waals surface area contributed by atoms with Crippen molar-refractivity contribution in [1.29, 1.82) is 0 Å². The van der Waals surface area contributed by atoms with Gasteiger partial charge in [0.05, 0.1) is 5.69 Å². The molecular formula is C19H27N5O. The molecule has 1 fully saturated rings. The SMILES string of the molecule is CN(C)[C@@H]1CC[C@H](NC(=O)NCCc2ccc(-n3cccn3)cc2)C1. The minimum Gasteiger partial charge on any atom is -0.338 e. The number of nitrogens with zero attached hydrogens (tertiary/aromatic N) is 3. The van der Waals surface area contributed by atoms with Crippen LogP contribution in [0.15, 0.2) is 42.7 Å². The number of hydrogen-bond acceptors (Lipinski definition) is 3. The first-order valence-corrected chi connectivity index (χ1v) is 8.91. The molecule has 0 spiro atoms. The largest absolute Gasteiger partial charge is 0.338 e. The van der Waals surface area contributed by atoms with Gasteiger partial charge in [-0.3, -0.25) is 0 Å². The number of urea groups is 1. The van der Waals surface area contributed by atoms with Gasteiger partial charge in [0.1, 0.15) is 0 Å². The molecule has 2 N–H and O–H groups in total. The van der Waals surface area contributed by atoms with Crippen LogP contribution in [0.2, 0.25) is 0 Å². The number of hydrogen-bond donors (Lipinski definition) is 2. The number of carbonyl (C=O) groups excluding carboxylic acids is 1. The fourth-order valence-electron chi connectivity index (χ4n) is 3.35. The molecule has 25 heavy (non-hydrogen) atoms. The van der Waals surface area contributed by atoms with Gasteiger partial charge in [0.2, 0.25) is 0 Å². The van der Waals surface area contributed by atoms with Crippen molar-refractivity contribution in [3.8, 4) is 5.69 Å². The summed E-state index contributed by atoms with van der Waals surface area (Å²) in [7, 11) is 4.20. The predicted molar refractivity (Wildman–Crippen MR) is 98.9 cm³/mol. The maximum atomic E-state index is 12.0. The Kier molecular flexibility index (Phi) is 5.71. The Balaban J connectivity index is 1.38.